The fraction of sp³-hybridized carbons (Fsp3) is 0.194. The van der Waals surface area contributed by atoms with Gasteiger partial charge in [-0.3, -0.25) is 14.4 Å². The highest BCUT2D eigenvalue weighted by atomic mass is 19.1. The molecule has 0 radical (unpaired) electrons. The number of fused-ring (bicyclic) bond motifs is 5. The third kappa shape index (κ3) is 3.60. The van der Waals surface area contributed by atoms with Crippen molar-refractivity contribution in [3.63, 3.8) is 0 Å². The Bertz CT molecular complexity index is 1830. The number of hydrogen-bond donors (Lipinski definition) is 0. The van der Waals surface area contributed by atoms with E-state index in [9.17, 15) is 18.8 Å². The Kier molecular flexibility index (Phi) is 6.09. The van der Waals surface area contributed by atoms with Crippen LogP contribution in [0.3, 0.4) is 0 Å². The van der Waals surface area contributed by atoms with Crippen LogP contribution >= 0.6 is 0 Å². The van der Waals surface area contributed by atoms with E-state index < -0.39 is 29.2 Å². The Morgan fingerprint density at radius 3 is 2.21 bits per heavy atom. The number of halogens is 1. The van der Waals surface area contributed by atoms with Gasteiger partial charge in [0.2, 0.25) is 0 Å². The van der Waals surface area contributed by atoms with Gasteiger partial charge in [-0.25, -0.2) is 4.39 Å². The predicted octanol–water partition coefficient (Wildman–Crippen LogP) is 6.47. The molecule has 2 aliphatic heterocycles. The van der Waals surface area contributed by atoms with E-state index in [4.69, 9.17) is 9.47 Å². The lowest BCUT2D eigenvalue weighted by atomic mass is 9.64. The number of carbonyl (C=O) groups excluding carboxylic acids is 3. The molecule has 0 unspecified atom stereocenters. The van der Waals surface area contributed by atoms with Gasteiger partial charge in [-0.1, -0.05) is 78.4 Å². The first-order valence-electron chi connectivity index (χ1n) is 14.1. The number of methoxy groups -OCH3 is 2. The van der Waals surface area contributed by atoms with Gasteiger partial charge in [-0.05, 0) is 31.2 Å². The summed E-state index contributed by atoms with van der Waals surface area (Å²) in [6.45, 7) is 1.94. The van der Waals surface area contributed by atoms with Crippen molar-refractivity contribution in [1.82, 2.24) is 0 Å². The van der Waals surface area contributed by atoms with Gasteiger partial charge in [0, 0.05) is 39.4 Å². The highest BCUT2D eigenvalue weighted by Gasteiger charge is 2.72. The number of Topliss-reactive ketones (excluding diaryl/α,β-unsaturated/α-hetero) is 3. The molecule has 0 saturated carbocycles. The number of nitrogens with zero attached hydrogens (tertiary/aromatic N) is 1. The minimum atomic E-state index is -1.71. The number of carbonyl (C=O) groups is 3. The molecule has 1 saturated heterocycles. The smallest absolute Gasteiger partial charge is 0.185 e. The standard InChI is InChI=1S/C36H28FNO5/c1-20-11-13-21(14-12-20)32(39)31-30(26-9-6-10-28(42-2)33(26)43-3)36(34(40)24-7-4-5-8-25(24)35(36)41)29-18-15-22-19-23(37)16-17-27(22)38(29)31/h4-19,29-31H,1-3H3/t29-,30+,31+/m0/s1. The first kappa shape index (κ1) is 26.8. The van der Waals surface area contributed by atoms with E-state index in [1.807, 2.05) is 24.0 Å². The molecule has 7 rings (SSSR count). The summed E-state index contributed by atoms with van der Waals surface area (Å²) in [6.07, 6.45) is 3.51. The minimum absolute atomic E-state index is 0.265. The van der Waals surface area contributed by atoms with Crippen LogP contribution in [0.25, 0.3) is 6.08 Å². The summed E-state index contributed by atoms with van der Waals surface area (Å²) in [4.78, 5) is 46.3. The molecule has 3 atom stereocenters. The van der Waals surface area contributed by atoms with Gasteiger partial charge in [-0.15, -0.1) is 0 Å². The summed E-state index contributed by atoms with van der Waals surface area (Å²) < 4.78 is 26.0. The quantitative estimate of drug-likeness (QED) is 0.201. The van der Waals surface area contributed by atoms with E-state index in [-0.39, 0.29) is 17.3 Å². The molecular formula is C36H28FNO5. The molecule has 1 aliphatic carbocycles. The molecule has 1 spiro atoms. The number of ether oxygens (including phenoxy) is 2. The van der Waals surface area contributed by atoms with E-state index in [1.54, 1.807) is 72.8 Å². The van der Waals surface area contributed by atoms with Gasteiger partial charge in [0.15, 0.2) is 28.8 Å². The highest BCUT2D eigenvalue weighted by molar-refractivity contribution is 6.32. The van der Waals surface area contributed by atoms with Crippen molar-refractivity contribution in [2.24, 2.45) is 5.41 Å². The molecule has 4 aromatic rings. The maximum Gasteiger partial charge on any atom is 0.185 e. The number of ketones is 3. The number of para-hydroxylation sites is 1. The lowest BCUT2D eigenvalue weighted by molar-refractivity contribution is 0.0664. The van der Waals surface area contributed by atoms with Crippen LogP contribution in [-0.4, -0.2) is 43.7 Å². The third-order valence-electron chi connectivity index (χ3n) is 9.14. The van der Waals surface area contributed by atoms with Gasteiger partial charge < -0.3 is 14.4 Å². The fourth-order valence-corrected chi connectivity index (χ4v) is 7.34. The number of rotatable bonds is 5. The Morgan fingerprint density at radius 2 is 1.56 bits per heavy atom. The first-order chi connectivity index (χ1) is 20.8. The van der Waals surface area contributed by atoms with Gasteiger partial charge in [-0.2, -0.15) is 0 Å². The SMILES string of the molecule is COc1cccc([C@@H]2[C@H](C(=O)c3ccc(C)cc3)N3c4ccc(F)cc4C=C[C@H]3C23C(=O)c2ccccc2C3=O)c1OC. The molecule has 0 N–H and O–H groups in total. The van der Waals surface area contributed by atoms with Crippen molar-refractivity contribution >= 4 is 29.1 Å². The molecule has 214 valence electrons. The van der Waals surface area contributed by atoms with Crippen LogP contribution in [-0.2, 0) is 0 Å². The average molecular weight is 574 g/mol. The molecule has 3 aliphatic rings. The van der Waals surface area contributed by atoms with Crippen LogP contribution in [0, 0.1) is 18.2 Å². The van der Waals surface area contributed by atoms with E-state index in [1.165, 1.54) is 26.4 Å². The molecule has 7 heteroatoms. The number of anilines is 1. The van der Waals surface area contributed by atoms with Crippen LogP contribution in [0.4, 0.5) is 10.1 Å². The fourth-order valence-electron chi connectivity index (χ4n) is 7.34. The molecule has 2 heterocycles. The van der Waals surface area contributed by atoms with Crippen LogP contribution < -0.4 is 14.4 Å². The van der Waals surface area contributed by atoms with Crippen molar-refractivity contribution < 1.29 is 28.2 Å². The normalized spacial score (nSPS) is 21.0. The molecule has 1 fully saturated rings. The second kappa shape index (κ2) is 9.76. The monoisotopic (exact) mass is 573 g/mol. The maximum atomic E-state index is 14.8. The molecule has 6 nitrogen and oxygen atoms in total. The van der Waals surface area contributed by atoms with Crippen molar-refractivity contribution in [3.05, 3.63) is 130 Å². The Labute approximate surface area is 248 Å². The molecular weight excluding hydrogens is 545 g/mol. The summed E-state index contributed by atoms with van der Waals surface area (Å²) in [5.74, 6) is -1.63. The molecule has 0 bridgehead atoms. The Hall–Kier alpha value is -5.04. The zero-order chi connectivity index (χ0) is 30.0. The second-order valence-corrected chi connectivity index (χ2v) is 11.2. The largest absolute Gasteiger partial charge is 0.493 e. The summed E-state index contributed by atoms with van der Waals surface area (Å²) in [5.41, 5.74) is 1.99. The van der Waals surface area contributed by atoms with Crippen LogP contribution in [0.15, 0.2) is 91.0 Å². The van der Waals surface area contributed by atoms with Crippen molar-refractivity contribution in [2.45, 2.75) is 24.9 Å². The molecule has 4 aromatic carbocycles. The lowest BCUT2D eigenvalue weighted by Gasteiger charge is -2.37. The Balaban J connectivity index is 1.58. The molecule has 43 heavy (non-hydrogen) atoms. The van der Waals surface area contributed by atoms with Crippen LogP contribution in [0.2, 0.25) is 0 Å². The van der Waals surface area contributed by atoms with E-state index in [0.717, 1.165) is 5.56 Å². The number of aryl methyl sites for hydroxylation is 1. The number of hydrogen-bond acceptors (Lipinski definition) is 6. The second-order valence-electron chi connectivity index (χ2n) is 11.2. The molecule has 0 amide bonds. The van der Waals surface area contributed by atoms with Crippen LogP contribution in [0.5, 0.6) is 11.5 Å². The third-order valence-corrected chi connectivity index (χ3v) is 9.14. The minimum Gasteiger partial charge on any atom is -0.493 e. The van der Waals surface area contributed by atoms with Crippen molar-refractivity contribution in [3.8, 4) is 11.5 Å². The lowest BCUT2D eigenvalue weighted by Crippen LogP contribution is -2.48. The molecule has 0 aromatic heterocycles. The van der Waals surface area contributed by atoms with Gasteiger partial charge in [0.1, 0.15) is 17.3 Å². The number of benzene rings is 4. The Morgan fingerprint density at radius 1 is 0.860 bits per heavy atom. The van der Waals surface area contributed by atoms with Gasteiger partial charge >= 0.3 is 0 Å². The summed E-state index contributed by atoms with van der Waals surface area (Å²) in [5, 5.41) is 0. The van der Waals surface area contributed by atoms with Gasteiger partial charge in [0.25, 0.3) is 0 Å². The average Bonchev–Trinajstić information content (AvgIpc) is 3.46. The van der Waals surface area contributed by atoms with Crippen LogP contribution in [0.1, 0.15) is 53.7 Å². The summed E-state index contributed by atoms with van der Waals surface area (Å²) >= 11 is 0. The highest BCUT2D eigenvalue weighted by Crippen LogP contribution is 2.62. The van der Waals surface area contributed by atoms with Gasteiger partial charge in [0.05, 0.1) is 20.3 Å². The topological polar surface area (TPSA) is 72.9 Å². The van der Waals surface area contributed by atoms with E-state index in [0.29, 0.717) is 45.0 Å². The van der Waals surface area contributed by atoms with Crippen molar-refractivity contribution in [1.29, 1.82) is 0 Å². The predicted molar refractivity (Wildman–Crippen MR) is 161 cm³/mol. The summed E-state index contributed by atoms with van der Waals surface area (Å²) in [6, 6.07) is 21.8. The zero-order valence-corrected chi connectivity index (χ0v) is 23.8. The van der Waals surface area contributed by atoms with E-state index in [2.05, 4.69) is 0 Å². The maximum absolute atomic E-state index is 14.8. The zero-order valence-electron chi connectivity index (χ0n) is 23.8. The van der Waals surface area contributed by atoms with Crippen molar-refractivity contribution in [2.75, 3.05) is 19.1 Å². The van der Waals surface area contributed by atoms with E-state index >= 15 is 0 Å². The first-order valence-corrected chi connectivity index (χ1v) is 14.1. The summed E-state index contributed by atoms with van der Waals surface area (Å²) in [7, 11) is 3.01.